The van der Waals surface area contributed by atoms with Crippen LogP contribution in [0.2, 0.25) is 0 Å². The molecule has 1 aliphatic rings. The molecule has 2 N–H and O–H groups in total. The maximum absolute atomic E-state index is 12.0. The van der Waals surface area contributed by atoms with E-state index in [-0.39, 0.29) is 23.4 Å². The fourth-order valence-electron chi connectivity index (χ4n) is 1.80. The lowest BCUT2D eigenvalue weighted by Gasteiger charge is -2.11. The third kappa shape index (κ3) is 4.37. The van der Waals surface area contributed by atoms with Crippen LogP contribution in [-0.2, 0) is 0 Å². The van der Waals surface area contributed by atoms with Crippen LogP contribution in [0.15, 0.2) is 18.3 Å². The van der Waals surface area contributed by atoms with Crippen molar-refractivity contribution in [2.45, 2.75) is 18.6 Å². The summed E-state index contributed by atoms with van der Waals surface area (Å²) < 4.78 is 40.3. The normalized spacial score (nSPS) is 18.9. The number of halogens is 3. The van der Waals surface area contributed by atoms with E-state index in [1.54, 1.807) is 0 Å². The van der Waals surface area contributed by atoms with Gasteiger partial charge in [-0.05, 0) is 19.0 Å². The maximum Gasteiger partial charge on any atom is 0.422 e. The van der Waals surface area contributed by atoms with Gasteiger partial charge in [-0.3, -0.25) is 4.79 Å². The van der Waals surface area contributed by atoms with Crippen LogP contribution >= 0.6 is 0 Å². The summed E-state index contributed by atoms with van der Waals surface area (Å²) in [6.07, 6.45) is -2.36. The first kappa shape index (κ1) is 14.6. The molecular formula is C12H14F3N3O2. The molecule has 1 unspecified atom stereocenters. The van der Waals surface area contributed by atoms with Gasteiger partial charge in [-0.15, -0.1) is 0 Å². The lowest BCUT2D eigenvalue weighted by atomic mass is 10.2. The molecule has 0 aromatic carbocycles. The second-order valence-corrected chi connectivity index (χ2v) is 4.45. The van der Waals surface area contributed by atoms with Crippen LogP contribution in [0.5, 0.6) is 5.88 Å². The van der Waals surface area contributed by atoms with Crippen molar-refractivity contribution in [1.82, 2.24) is 15.6 Å². The number of ether oxygens (including phenoxy) is 1. The Hall–Kier alpha value is -1.83. The predicted octanol–water partition coefficient (Wildman–Crippen LogP) is 1.11. The SMILES string of the molecule is O=C(NC1CCNC1)c1ccc(OCC(F)(F)F)nc1. The summed E-state index contributed by atoms with van der Waals surface area (Å²) in [5, 5.41) is 5.92. The molecular weight excluding hydrogens is 275 g/mol. The molecule has 20 heavy (non-hydrogen) atoms. The quantitative estimate of drug-likeness (QED) is 0.871. The van der Waals surface area contributed by atoms with E-state index in [4.69, 9.17) is 0 Å². The van der Waals surface area contributed by atoms with Gasteiger partial charge in [-0.25, -0.2) is 4.98 Å². The van der Waals surface area contributed by atoms with Gasteiger partial charge >= 0.3 is 6.18 Å². The summed E-state index contributed by atoms with van der Waals surface area (Å²) in [5.41, 5.74) is 0.288. The van der Waals surface area contributed by atoms with Gasteiger partial charge in [0, 0.05) is 24.8 Å². The molecule has 5 nitrogen and oxygen atoms in total. The van der Waals surface area contributed by atoms with E-state index in [1.807, 2.05) is 0 Å². The standard InChI is InChI=1S/C12H14F3N3O2/c13-12(14,15)7-20-10-2-1-8(5-17-10)11(19)18-9-3-4-16-6-9/h1-2,5,9,16H,3-4,6-7H2,(H,18,19). The van der Waals surface area contributed by atoms with Gasteiger partial charge in [-0.2, -0.15) is 13.2 Å². The van der Waals surface area contributed by atoms with Gasteiger partial charge in [0.05, 0.1) is 5.56 Å². The van der Waals surface area contributed by atoms with E-state index < -0.39 is 12.8 Å². The Kier molecular flexibility index (Phi) is 4.43. The van der Waals surface area contributed by atoms with Crippen LogP contribution in [0, 0.1) is 0 Å². The van der Waals surface area contributed by atoms with E-state index >= 15 is 0 Å². The van der Waals surface area contributed by atoms with Crippen LogP contribution in [0.1, 0.15) is 16.8 Å². The maximum atomic E-state index is 12.0. The first-order valence-corrected chi connectivity index (χ1v) is 6.11. The number of amides is 1. The number of nitrogens with zero attached hydrogens (tertiary/aromatic N) is 1. The van der Waals surface area contributed by atoms with E-state index in [9.17, 15) is 18.0 Å². The number of aromatic nitrogens is 1. The van der Waals surface area contributed by atoms with E-state index in [2.05, 4.69) is 20.4 Å². The molecule has 0 bridgehead atoms. The first-order chi connectivity index (χ1) is 9.44. The Morgan fingerprint density at radius 3 is 2.85 bits per heavy atom. The Balaban J connectivity index is 1.88. The highest BCUT2D eigenvalue weighted by atomic mass is 19.4. The minimum Gasteiger partial charge on any atom is -0.468 e. The number of nitrogens with one attached hydrogen (secondary N) is 2. The monoisotopic (exact) mass is 289 g/mol. The molecule has 1 saturated heterocycles. The average molecular weight is 289 g/mol. The van der Waals surface area contributed by atoms with Crippen LogP contribution in [-0.4, -0.2) is 42.8 Å². The lowest BCUT2D eigenvalue weighted by Crippen LogP contribution is -2.36. The van der Waals surface area contributed by atoms with Crippen molar-refractivity contribution >= 4 is 5.91 Å². The van der Waals surface area contributed by atoms with Gasteiger partial charge in [0.25, 0.3) is 5.91 Å². The zero-order valence-corrected chi connectivity index (χ0v) is 10.5. The highest BCUT2D eigenvalue weighted by molar-refractivity contribution is 5.94. The number of hydrogen-bond acceptors (Lipinski definition) is 4. The molecule has 0 spiro atoms. The number of carbonyl (C=O) groups excluding carboxylic acids is 1. The fraction of sp³-hybridized carbons (Fsp3) is 0.500. The lowest BCUT2D eigenvalue weighted by molar-refractivity contribution is -0.154. The summed E-state index contributed by atoms with van der Waals surface area (Å²) >= 11 is 0. The summed E-state index contributed by atoms with van der Waals surface area (Å²) in [5.74, 6) is -0.463. The van der Waals surface area contributed by atoms with Crippen molar-refractivity contribution in [2.24, 2.45) is 0 Å². The second-order valence-electron chi connectivity index (χ2n) is 4.45. The zero-order chi connectivity index (χ0) is 14.6. The third-order valence-corrected chi connectivity index (χ3v) is 2.78. The van der Waals surface area contributed by atoms with E-state index in [0.717, 1.165) is 13.0 Å². The number of carbonyl (C=O) groups is 1. The molecule has 1 aromatic rings. The first-order valence-electron chi connectivity index (χ1n) is 6.11. The zero-order valence-electron chi connectivity index (χ0n) is 10.5. The number of hydrogen-bond donors (Lipinski definition) is 2. The molecule has 0 aliphatic carbocycles. The largest absolute Gasteiger partial charge is 0.468 e. The second kappa shape index (κ2) is 6.08. The molecule has 8 heteroatoms. The number of alkyl halides is 3. The molecule has 2 heterocycles. The van der Waals surface area contributed by atoms with Crippen molar-refractivity contribution in [3.63, 3.8) is 0 Å². The molecule has 1 aliphatic heterocycles. The predicted molar refractivity (Wildman–Crippen MR) is 64.5 cm³/mol. The van der Waals surface area contributed by atoms with Crippen molar-refractivity contribution < 1.29 is 22.7 Å². The van der Waals surface area contributed by atoms with Gasteiger partial charge in [0.1, 0.15) is 0 Å². The van der Waals surface area contributed by atoms with Gasteiger partial charge in [0.15, 0.2) is 6.61 Å². The summed E-state index contributed by atoms with van der Waals surface area (Å²) in [4.78, 5) is 15.5. The van der Waals surface area contributed by atoms with Crippen LogP contribution in [0.25, 0.3) is 0 Å². The third-order valence-electron chi connectivity index (χ3n) is 2.78. The molecule has 1 atom stereocenters. The topological polar surface area (TPSA) is 63.2 Å². The molecule has 0 saturated carbocycles. The van der Waals surface area contributed by atoms with Crippen molar-refractivity contribution in [1.29, 1.82) is 0 Å². The van der Waals surface area contributed by atoms with Crippen molar-refractivity contribution in [2.75, 3.05) is 19.7 Å². The Labute approximate surface area is 113 Å². The number of pyridine rings is 1. The number of rotatable bonds is 4. The molecule has 2 rings (SSSR count). The van der Waals surface area contributed by atoms with Crippen LogP contribution in [0.3, 0.4) is 0 Å². The van der Waals surface area contributed by atoms with Gasteiger partial charge in [-0.1, -0.05) is 0 Å². The summed E-state index contributed by atoms with van der Waals surface area (Å²) in [6, 6.07) is 2.70. The van der Waals surface area contributed by atoms with Crippen LogP contribution in [0.4, 0.5) is 13.2 Å². The summed E-state index contributed by atoms with van der Waals surface area (Å²) in [7, 11) is 0. The molecule has 1 aromatic heterocycles. The molecule has 0 radical (unpaired) electrons. The smallest absolute Gasteiger partial charge is 0.422 e. The fourth-order valence-corrected chi connectivity index (χ4v) is 1.80. The molecule has 1 fully saturated rings. The molecule has 110 valence electrons. The van der Waals surface area contributed by atoms with Crippen LogP contribution < -0.4 is 15.4 Å². The van der Waals surface area contributed by atoms with Crippen molar-refractivity contribution in [3.05, 3.63) is 23.9 Å². The average Bonchev–Trinajstić information content (AvgIpc) is 2.89. The minimum atomic E-state index is -4.41. The van der Waals surface area contributed by atoms with E-state index in [0.29, 0.717) is 6.54 Å². The molecule has 1 amide bonds. The Morgan fingerprint density at radius 2 is 2.30 bits per heavy atom. The van der Waals surface area contributed by atoms with E-state index in [1.165, 1.54) is 18.3 Å². The Morgan fingerprint density at radius 1 is 1.50 bits per heavy atom. The van der Waals surface area contributed by atoms with Crippen molar-refractivity contribution in [3.8, 4) is 5.88 Å². The van der Waals surface area contributed by atoms with Gasteiger partial charge in [0.2, 0.25) is 5.88 Å². The minimum absolute atomic E-state index is 0.0728. The Bertz CT molecular complexity index is 456. The highest BCUT2D eigenvalue weighted by Gasteiger charge is 2.28. The summed E-state index contributed by atoms with van der Waals surface area (Å²) in [6.45, 7) is 0.165. The van der Waals surface area contributed by atoms with Gasteiger partial charge < -0.3 is 15.4 Å². The highest BCUT2D eigenvalue weighted by Crippen LogP contribution is 2.17.